The fraction of sp³-hybridized carbons (Fsp3) is 0.846. The first-order valence-corrected chi connectivity index (χ1v) is 5.81. The van der Waals surface area contributed by atoms with Crippen molar-refractivity contribution in [1.82, 2.24) is 0 Å². The van der Waals surface area contributed by atoms with Crippen LogP contribution in [0.5, 0.6) is 0 Å². The van der Waals surface area contributed by atoms with Crippen LogP contribution in [0.2, 0.25) is 0 Å². The molecule has 90 valence electrons. The number of aliphatic hydroxyl groups is 2. The highest BCUT2D eigenvalue weighted by atomic mass is 16.3. The maximum atomic E-state index is 9.73. The molecule has 0 fully saturated rings. The van der Waals surface area contributed by atoms with E-state index in [1.165, 1.54) is 0 Å². The molecule has 3 unspecified atom stereocenters. The Labute approximate surface area is 94.0 Å². The second-order valence-corrected chi connectivity index (χ2v) is 5.43. The number of hydrogen-bond donors (Lipinski definition) is 2. The summed E-state index contributed by atoms with van der Waals surface area (Å²) in [5.74, 6) is 0.455. The van der Waals surface area contributed by atoms with Crippen LogP contribution in [0.4, 0.5) is 0 Å². The quantitative estimate of drug-likeness (QED) is 0.691. The highest BCUT2D eigenvalue weighted by Crippen LogP contribution is 2.29. The van der Waals surface area contributed by atoms with Crippen LogP contribution >= 0.6 is 0 Å². The van der Waals surface area contributed by atoms with Crippen LogP contribution in [0.25, 0.3) is 0 Å². The zero-order chi connectivity index (χ0) is 12.1. The molecule has 0 rings (SSSR count). The Bertz CT molecular complexity index is 191. The van der Waals surface area contributed by atoms with E-state index in [0.717, 1.165) is 6.42 Å². The van der Waals surface area contributed by atoms with E-state index in [9.17, 15) is 10.2 Å². The molecule has 3 atom stereocenters. The van der Waals surface area contributed by atoms with Crippen molar-refractivity contribution in [2.24, 2.45) is 11.3 Å². The lowest BCUT2D eigenvalue weighted by Gasteiger charge is -2.28. The van der Waals surface area contributed by atoms with Gasteiger partial charge in [0.2, 0.25) is 0 Å². The average Bonchev–Trinajstić information content (AvgIpc) is 2.12. The van der Waals surface area contributed by atoms with Crippen molar-refractivity contribution in [1.29, 1.82) is 0 Å². The fourth-order valence-corrected chi connectivity index (χ4v) is 1.19. The van der Waals surface area contributed by atoms with E-state index >= 15 is 0 Å². The maximum Gasteiger partial charge on any atom is 0.0724 e. The van der Waals surface area contributed by atoms with Gasteiger partial charge in [-0.05, 0) is 24.2 Å². The summed E-state index contributed by atoms with van der Waals surface area (Å²) in [6.45, 7) is 10.6. The minimum atomic E-state index is -0.444. The highest BCUT2D eigenvalue weighted by molar-refractivity contribution is 4.94. The largest absolute Gasteiger partial charge is 0.389 e. The molecule has 2 N–H and O–H groups in total. The van der Waals surface area contributed by atoms with Crippen molar-refractivity contribution in [2.45, 2.75) is 59.7 Å². The van der Waals surface area contributed by atoms with E-state index < -0.39 is 12.2 Å². The van der Waals surface area contributed by atoms with Gasteiger partial charge in [0, 0.05) is 0 Å². The molecule has 0 aliphatic carbocycles. The molecule has 0 spiro atoms. The van der Waals surface area contributed by atoms with Gasteiger partial charge in [0.05, 0.1) is 12.2 Å². The molecular formula is C13H26O2. The van der Waals surface area contributed by atoms with Crippen LogP contribution in [0.3, 0.4) is 0 Å². The monoisotopic (exact) mass is 214 g/mol. The predicted octanol–water partition coefficient (Wildman–Crippen LogP) is 2.75. The molecule has 0 saturated carbocycles. The van der Waals surface area contributed by atoms with Gasteiger partial charge < -0.3 is 10.2 Å². The summed E-state index contributed by atoms with van der Waals surface area (Å²) in [4.78, 5) is 0. The number of hydrogen-bond acceptors (Lipinski definition) is 2. The van der Waals surface area contributed by atoms with Gasteiger partial charge in [0.25, 0.3) is 0 Å². The molecule has 0 radical (unpaired) electrons. The van der Waals surface area contributed by atoms with Crippen LogP contribution in [0.15, 0.2) is 12.2 Å². The molecule has 0 aliphatic heterocycles. The van der Waals surface area contributed by atoms with Gasteiger partial charge in [-0.2, -0.15) is 0 Å². The topological polar surface area (TPSA) is 40.5 Å². The summed E-state index contributed by atoms with van der Waals surface area (Å²) in [5.41, 5.74) is 0.220. The van der Waals surface area contributed by atoms with Crippen LogP contribution in [-0.4, -0.2) is 22.4 Å². The zero-order valence-electron chi connectivity index (χ0n) is 10.7. The van der Waals surface area contributed by atoms with Gasteiger partial charge in [0.15, 0.2) is 0 Å². The summed E-state index contributed by atoms with van der Waals surface area (Å²) >= 11 is 0. The van der Waals surface area contributed by atoms with E-state index in [1.54, 1.807) is 12.2 Å². The van der Waals surface area contributed by atoms with Crippen LogP contribution in [0.1, 0.15) is 47.5 Å². The van der Waals surface area contributed by atoms with Gasteiger partial charge in [-0.15, -0.1) is 0 Å². The van der Waals surface area contributed by atoms with Gasteiger partial charge >= 0.3 is 0 Å². The van der Waals surface area contributed by atoms with E-state index in [4.69, 9.17) is 0 Å². The highest BCUT2D eigenvalue weighted by Gasteiger charge is 2.21. The molecule has 0 bridgehead atoms. The van der Waals surface area contributed by atoms with Crippen LogP contribution in [0, 0.1) is 11.3 Å². The lowest BCUT2D eigenvalue weighted by atomic mass is 9.79. The third-order valence-electron chi connectivity index (χ3n) is 3.05. The summed E-state index contributed by atoms with van der Waals surface area (Å²) in [7, 11) is 0. The molecule has 0 heterocycles. The molecule has 0 saturated heterocycles. The minimum Gasteiger partial charge on any atom is -0.389 e. The van der Waals surface area contributed by atoms with E-state index in [2.05, 4.69) is 27.7 Å². The van der Waals surface area contributed by atoms with Gasteiger partial charge in [-0.1, -0.05) is 46.8 Å². The molecule has 0 aromatic heterocycles. The van der Waals surface area contributed by atoms with Crippen LogP contribution in [-0.2, 0) is 0 Å². The molecule has 2 heteroatoms. The zero-order valence-corrected chi connectivity index (χ0v) is 10.7. The Morgan fingerprint density at radius 2 is 1.53 bits per heavy atom. The molecule has 0 amide bonds. The number of aliphatic hydroxyl groups excluding tert-OH is 2. The minimum absolute atomic E-state index is 0.220. The van der Waals surface area contributed by atoms with E-state index in [0.29, 0.717) is 12.3 Å². The van der Waals surface area contributed by atoms with Gasteiger partial charge in [0.1, 0.15) is 0 Å². The summed E-state index contributed by atoms with van der Waals surface area (Å²) in [6, 6.07) is 0. The lowest BCUT2D eigenvalue weighted by molar-refractivity contribution is 0.141. The summed E-state index contributed by atoms with van der Waals surface area (Å²) < 4.78 is 0. The Hall–Kier alpha value is -0.340. The molecular weight excluding hydrogens is 188 g/mol. The average molecular weight is 214 g/mol. The molecule has 0 aromatic rings. The van der Waals surface area contributed by atoms with E-state index in [-0.39, 0.29) is 5.41 Å². The Kier molecular flexibility index (Phi) is 6.15. The van der Waals surface area contributed by atoms with Gasteiger partial charge in [-0.25, -0.2) is 0 Å². The number of rotatable bonds is 5. The molecule has 2 nitrogen and oxygen atoms in total. The molecule has 0 aromatic carbocycles. The van der Waals surface area contributed by atoms with Crippen molar-refractivity contribution < 1.29 is 10.2 Å². The lowest BCUT2D eigenvalue weighted by Crippen LogP contribution is -2.22. The first-order chi connectivity index (χ1) is 6.77. The fourth-order valence-electron chi connectivity index (χ4n) is 1.19. The molecule has 15 heavy (non-hydrogen) atoms. The van der Waals surface area contributed by atoms with Crippen molar-refractivity contribution in [3.8, 4) is 0 Å². The van der Waals surface area contributed by atoms with Crippen molar-refractivity contribution in [3.05, 3.63) is 12.2 Å². The summed E-state index contributed by atoms with van der Waals surface area (Å²) in [6.07, 6.45) is 3.95. The first kappa shape index (κ1) is 14.7. The summed E-state index contributed by atoms with van der Waals surface area (Å²) in [5, 5.41) is 19.0. The normalized spacial score (nSPS) is 19.1. The maximum absolute atomic E-state index is 9.73. The smallest absolute Gasteiger partial charge is 0.0724 e. The second kappa shape index (κ2) is 6.29. The Morgan fingerprint density at radius 1 is 1.07 bits per heavy atom. The van der Waals surface area contributed by atoms with Crippen molar-refractivity contribution in [2.75, 3.05) is 0 Å². The predicted molar refractivity (Wildman–Crippen MR) is 64.7 cm³/mol. The SMILES string of the molecule is CCC(O)C=CC(O)CC(C)C(C)(C)C. The third kappa shape index (κ3) is 6.69. The molecule has 0 aliphatic rings. The Morgan fingerprint density at radius 3 is 1.93 bits per heavy atom. The first-order valence-electron chi connectivity index (χ1n) is 5.81. The standard InChI is InChI=1S/C13H26O2/c1-6-11(14)7-8-12(15)9-10(2)13(3,4)5/h7-8,10-12,14-15H,6,9H2,1-5H3. The van der Waals surface area contributed by atoms with E-state index in [1.807, 2.05) is 6.92 Å². The van der Waals surface area contributed by atoms with Crippen LogP contribution < -0.4 is 0 Å². The Balaban J connectivity index is 4.04. The van der Waals surface area contributed by atoms with Gasteiger partial charge in [-0.3, -0.25) is 0 Å². The van der Waals surface area contributed by atoms with Crippen molar-refractivity contribution in [3.63, 3.8) is 0 Å². The second-order valence-electron chi connectivity index (χ2n) is 5.43. The van der Waals surface area contributed by atoms with Crippen molar-refractivity contribution >= 4 is 0 Å². The third-order valence-corrected chi connectivity index (χ3v) is 3.05.